The van der Waals surface area contributed by atoms with Gasteiger partial charge in [-0.2, -0.15) is 0 Å². The summed E-state index contributed by atoms with van der Waals surface area (Å²) in [4.78, 5) is 0. The van der Waals surface area contributed by atoms with Gasteiger partial charge in [0.1, 0.15) is 11.5 Å². The van der Waals surface area contributed by atoms with E-state index in [2.05, 4.69) is 39.8 Å². The fraction of sp³-hybridized carbons (Fsp3) is 0.368. The van der Waals surface area contributed by atoms with E-state index in [1.54, 1.807) is 6.92 Å². The first-order valence-corrected chi connectivity index (χ1v) is 7.34. The summed E-state index contributed by atoms with van der Waals surface area (Å²) in [6, 6.07) is 13.9. The van der Waals surface area contributed by atoms with Crippen molar-refractivity contribution >= 4 is 0 Å². The van der Waals surface area contributed by atoms with Gasteiger partial charge >= 0.3 is 0 Å². The van der Waals surface area contributed by atoms with Crippen molar-refractivity contribution in [3.05, 3.63) is 59.2 Å². The second-order valence-corrected chi connectivity index (χ2v) is 6.60. The van der Waals surface area contributed by atoms with Gasteiger partial charge in [-0.3, -0.25) is 0 Å². The molecular formula is C19H24O2. The lowest BCUT2D eigenvalue weighted by molar-refractivity contribution is 0.199. The summed E-state index contributed by atoms with van der Waals surface area (Å²) >= 11 is 0. The fourth-order valence-corrected chi connectivity index (χ4v) is 2.26. The molecule has 1 N–H and O–H groups in total. The van der Waals surface area contributed by atoms with Crippen molar-refractivity contribution < 1.29 is 9.84 Å². The summed E-state index contributed by atoms with van der Waals surface area (Å²) in [5.41, 5.74) is 3.35. The third kappa shape index (κ3) is 3.85. The molecule has 1 atom stereocenters. The van der Waals surface area contributed by atoms with Crippen LogP contribution in [0.5, 0.6) is 11.5 Å². The Kier molecular flexibility index (Phi) is 4.38. The summed E-state index contributed by atoms with van der Waals surface area (Å²) in [5.74, 6) is 1.67. The first-order chi connectivity index (χ1) is 9.77. The van der Waals surface area contributed by atoms with Gasteiger partial charge in [0.2, 0.25) is 0 Å². The largest absolute Gasteiger partial charge is 0.457 e. The maximum absolute atomic E-state index is 9.54. The van der Waals surface area contributed by atoms with E-state index in [9.17, 15) is 5.11 Å². The Labute approximate surface area is 127 Å². The van der Waals surface area contributed by atoms with Crippen LogP contribution in [0.1, 0.15) is 50.5 Å². The molecule has 2 rings (SSSR count). The molecule has 0 saturated heterocycles. The quantitative estimate of drug-likeness (QED) is 0.845. The zero-order valence-electron chi connectivity index (χ0n) is 13.5. The van der Waals surface area contributed by atoms with Crippen LogP contribution in [-0.2, 0) is 5.41 Å². The number of ether oxygens (including phenoxy) is 1. The van der Waals surface area contributed by atoms with Gasteiger partial charge in [0.25, 0.3) is 0 Å². The van der Waals surface area contributed by atoms with Crippen molar-refractivity contribution in [2.24, 2.45) is 0 Å². The van der Waals surface area contributed by atoms with Crippen LogP contribution in [0.25, 0.3) is 0 Å². The topological polar surface area (TPSA) is 29.5 Å². The van der Waals surface area contributed by atoms with E-state index >= 15 is 0 Å². The first-order valence-electron chi connectivity index (χ1n) is 7.34. The van der Waals surface area contributed by atoms with Crippen LogP contribution in [0, 0.1) is 6.92 Å². The predicted molar refractivity (Wildman–Crippen MR) is 87.0 cm³/mol. The molecule has 0 aliphatic heterocycles. The fourth-order valence-electron chi connectivity index (χ4n) is 2.26. The summed E-state index contributed by atoms with van der Waals surface area (Å²) in [5, 5.41) is 9.54. The molecule has 0 saturated carbocycles. The second-order valence-electron chi connectivity index (χ2n) is 6.60. The van der Waals surface area contributed by atoms with Crippen LogP contribution >= 0.6 is 0 Å². The van der Waals surface area contributed by atoms with Crippen molar-refractivity contribution in [3.8, 4) is 11.5 Å². The van der Waals surface area contributed by atoms with Crippen molar-refractivity contribution in [1.82, 2.24) is 0 Å². The van der Waals surface area contributed by atoms with Crippen LogP contribution in [0.4, 0.5) is 0 Å². The number of aliphatic hydroxyl groups excluding tert-OH is 1. The second kappa shape index (κ2) is 5.90. The average Bonchev–Trinajstić information content (AvgIpc) is 2.40. The zero-order valence-corrected chi connectivity index (χ0v) is 13.5. The molecule has 0 spiro atoms. The molecule has 0 heterocycles. The van der Waals surface area contributed by atoms with E-state index in [4.69, 9.17) is 4.74 Å². The molecule has 2 aromatic carbocycles. The van der Waals surface area contributed by atoms with E-state index in [-0.39, 0.29) is 5.41 Å². The van der Waals surface area contributed by atoms with Gasteiger partial charge in [0.05, 0.1) is 6.10 Å². The third-order valence-electron chi connectivity index (χ3n) is 3.53. The highest BCUT2D eigenvalue weighted by Crippen LogP contribution is 2.35. The average molecular weight is 284 g/mol. The highest BCUT2D eigenvalue weighted by atomic mass is 16.5. The molecule has 0 aromatic heterocycles. The summed E-state index contributed by atoms with van der Waals surface area (Å²) < 4.78 is 6.04. The van der Waals surface area contributed by atoms with Gasteiger partial charge in [-0.15, -0.1) is 0 Å². The van der Waals surface area contributed by atoms with E-state index < -0.39 is 6.10 Å². The van der Waals surface area contributed by atoms with Gasteiger partial charge in [-0.25, -0.2) is 0 Å². The SMILES string of the molecule is Cc1ccc(Oc2ccc(C(C)O)cc2)c(C(C)(C)C)c1. The van der Waals surface area contributed by atoms with Crippen LogP contribution < -0.4 is 4.74 Å². The molecule has 2 nitrogen and oxygen atoms in total. The number of rotatable bonds is 3. The van der Waals surface area contributed by atoms with Crippen molar-refractivity contribution in [2.45, 2.75) is 46.1 Å². The molecule has 0 amide bonds. The third-order valence-corrected chi connectivity index (χ3v) is 3.53. The van der Waals surface area contributed by atoms with Crippen molar-refractivity contribution in [3.63, 3.8) is 0 Å². The maximum atomic E-state index is 9.54. The van der Waals surface area contributed by atoms with Gasteiger partial charge in [-0.05, 0) is 43.0 Å². The Balaban J connectivity index is 2.31. The van der Waals surface area contributed by atoms with Crippen molar-refractivity contribution in [2.75, 3.05) is 0 Å². The molecule has 2 aromatic rings. The lowest BCUT2D eigenvalue weighted by atomic mass is 9.85. The number of hydrogen-bond acceptors (Lipinski definition) is 2. The van der Waals surface area contributed by atoms with Crippen molar-refractivity contribution in [1.29, 1.82) is 0 Å². The Morgan fingerprint density at radius 1 is 1.00 bits per heavy atom. The molecule has 2 heteroatoms. The Morgan fingerprint density at radius 3 is 2.14 bits per heavy atom. The van der Waals surface area contributed by atoms with Gasteiger partial charge in [0.15, 0.2) is 0 Å². The molecule has 0 radical (unpaired) electrons. The monoisotopic (exact) mass is 284 g/mol. The maximum Gasteiger partial charge on any atom is 0.131 e. The normalized spacial score (nSPS) is 13.0. The highest BCUT2D eigenvalue weighted by Gasteiger charge is 2.19. The number of hydrogen-bond donors (Lipinski definition) is 1. The molecule has 0 aliphatic rings. The van der Waals surface area contributed by atoms with E-state index in [1.807, 2.05) is 30.3 Å². The number of benzene rings is 2. The molecule has 0 aliphatic carbocycles. The minimum absolute atomic E-state index is 0.0287. The van der Waals surface area contributed by atoms with E-state index in [0.717, 1.165) is 17.1 Å². The lowest BCUT2D eigenvalue weighted by Gasteiger charge is -2.23. The number of aryl methyl sites for hydroxylation is 1. The van der Waals surface area contributed by atoms with Crippen LogP contribution in [-0.4, -0.2) is 5.11 Å². The minimum Gasteiger partial charge on any atom is -0.457 e. The Bertz CT molecular complexity index is 604. The van der Waals surface area contributed by atoms with Gasteiger partial charge < -0.3 is 9.84 Å². The Morgan fingerprint density at radius 2 is 1.62 bits per heavy atom. The van der Waals surface area contributed by atoms with Gasteiger partial charge in [-0.1, -0.05) is 50.6 Å². The predicted octanol–water partition coefficient (Wildman–Crippen LogP) is 5.14. The summed E-state index contributed by atoms with van der Waals surface area (Å²) in [6.07, 6.45) is -0.455. The molecule has 1 unspecified atom stereocenters. The highest BCUT2D eigenvalue weighted by molar-refractivity contribution is 5.44. The molecular weight excluding hydrogens is 260 g/mol. The van der Waals surface area contributed by atoms with Crippen LogP contribution in [0.2, 0.25) is 0 Å². The molecule has 0 fully saturated rings. The first kappa shape index (κ1) is 15.6. The molecule has 0 bridgehead atoms. The lowest BCUT2D eigenvalue weighted by Crippen LogP contribution is -2.12. The smallest absolute Gasteiger partial charge is 0.131 e. The summed E-state index contributed by atoms with van der Waals surface area (Å²) in [7, 11) is 0. The van der Waals surface area contributed by atoms with Crippen LogP contribution in [0.15, 0.2) is 42.5 Å². The minimum atomic E-state index is -0.455. The van der Waals surface area contributed by atoms with Crippen LogP contribution in [0.3, 0.4) is 0 Å². The summed E-state index contributed by atoms with van der Waals surface area (Å²) in [6.45, 7) is 10.4. The van der Waals surface area contributed by atoms with E-state index in [1.165, 1.54) is 11.1 Å². The van der Waals surface area contributed by atoms with Gasteiger partial charge in [0, 0.05) is 5.56 Å². The number of aliphatic hydroxyl groups is 1. The Hall–Kier alpha value is -1.80. The standard InChI is InChI=1S/C19H24O2/c1-13-6-11-18(17(12-13)19(3,4)5)21-16-9-7-15(8-10-16)14(2)20/h6-12,14,20H,1-5H3. The zero-order chi connectivity index (χ0) is 15.6. The molecule has 112 valence electrons. The molecule has 21 heavy (non-hydrogen) atoms. The van der Waals surface area contributed by atoms with E-state index in [0.29, 0.717) is 0 Å².